The molecule has 0 aliphatic rings. The van der Waals surface area contributed by atoms with E-state index < -0.39 is 15.1 Å². The molecule has 8 nitrogen and oxygen atoms in total. The van der Waals surface area contributed by atoms with Gasteiger partial charge in [0.1, 0.15) is 17.1 Å². The lowest BCUT2D eigenvalue weighted by Gasteiger charge is -2.34. The van der Waals surface area contributed by atoms with Gasteiger partial charge < -0.3 is 19.8 Å². The summed E-state index contributed by atoms with van der Waals surface area (Å²) in [7, 11) is 0.634. The van der Waals surface area contributed by atoms with Crippen molar-refractivity contribution in [1.29, 1.82) is 0 Å². The fourth-order valence-corrected chi connectivity index (χ4v) is 7.12. The summed E-state index contributed by atoms with van der Waals surface area (Å²) in [6, 6.07) is 15.2. The van der Waals surface area contributed by atoms with Gasteiger partial charge in [0.25, 0.3) is 5.56 Å². The molecule has 1 atom stereocenters. The number of carbonyl (C=O) groups excluding carboxylic acids is 1. The summed E-state index contributed by atoms with van der Waals surface area (Å²) < 4.78 is 13.8. The SMILES string of the molecule is CCCCn1c(=O)c(NC(=O)Nc2c(C(C)C)cc(C(O[Si](C)C)C(C)(C)C)cc2C(C)C)c(-c2cccc(OC)c2)c2cccnc21. The van der Waals surface area contributed by atoms with Crippen LogP contribution in [0.15, 0.2) is 59.5 Å². The smallest absolute Gasteiger partial charge is 0.323 e. The first-order valence-corrected chi connectivity index (χ1v) is 19.5. The largest absolute Gasteiger partial charge is 0.497 e. The molecule has 48 heavy (non-hydrogen) atoms. The molecule has 2 heterocycles. The topological polar surface area (TPSA) is 94.5 Å². The number of nitrogens with one attached hydrogen (secondary N) is 2. The molecule has 0 fully saturated rings. The van der Waals surface area contributed by atoms with E-state index in [1.165, 1.54) is 0 Å². The first-order valence-electron chi connectivity index (χ1n) is 17.1. The minimum Gasteiger partial charge on any atom is -0.497 e. The number of pyridine rings is 2. The van der Waals surface area contributed by atoms with Crippen LogP contribution >= 0.6 is 0 Å². The van der Waals surface area contributed by atoms with Crippen LogP contribution in [0.4, 0.5) is 16.2 Å². The minimum atomic E-state index is -0.975. The summed E-state index contributed by atoms with van der Waals surface area (Å²) in [5.41, 5.74) is 5.67. The van der Waals surface area contributed by atoms with E-state index in [0.29, 0.717) is 23.5 Å². The van der Waals surface area contributed by atoms with Crippen LogP contribution in [0, 0.1) is 5.41 Å². The van der Waals surface area contributed by atoms with Crippen molar-refractivity contribution >= 4 is 37.5 Å². The van der Waals surface area contributed by atoms with Crippen LogP contribution in [0.5, 0.6) is 5.75 Å². The number of amides is 2. The van der Waals surface area contributed by atoms with Gasteiger partial charge in [0.2, 0.25) is 9.04 Å². The molecule has 0 saturated heterocycles. The maximum absolute atomic E-state index is 14.3. The van der Waals surface area contributed by atoms with E-state index in [4.69, 9.17) is 9.16 Å². The Kier molecular flexibility index (Phi) is 11.9. The van der Waals surface area contributed by atoms with Crippen LogP contribution in [0.25, 0.3) is 22.2 Å². The van der Waals surface area contributed by atoms with Crippen molar-refractivity contribution < 1.29 is 14.0 Å². The number of urea groups is 1. The Labute approximate surface area is 288 Å². The average molecular weight is 670 g/mol. The first-order chi connectivity index (χ1) is 22.7. The average Bonchev–Trinajstić information content (AvgIpc) is 3.03. The zero-order valence-electron chi connectivity index (χ0n) is 30.6. The summed E-state index contributed by atoms with van der Waals surface area (Å²) in [5.74, 6) is 0.892. The van der Waals surface area contributed by atoms with E-state index in [1.54, 1.807) is 17.9 Å². The molecule has 4 rings (SSSR count). The molecule has 2 aromatic heterocycles. The number of rotatable bonds is 12. The molecule has 1 unspecified atom stereocenters. The number of ether oxygens (including phenoxy) is 1. The van der Waals surface area contributed by atoms with Crippen LogP contribution in [-0.2, 0) is 11.0 Å². The minimum absolute atomic E-state index is 0.0857. The number of methoxy groups -OCH3 is 1. The highest BCUT2D eigenvalue weighted by Gasteiger charge is 2.31. The Balaban J connectivity index is 1.89. The normalized spacial score (nSPS) is 12.6. The van der Waals surface area contributed by atoms with Crippen LogP contribution in [0.2, 0.25) is 13.1 Å². The number of hydrogen-bond donors (Lipinski definition) is 2. The zero-order valence-corrected chi connectivity index (χ0v) is 31.6. The predicted octanol–water partition coefficient (Wildman–Crippen LogP) is 10.1. The lowest BCUT2D eigenvalue weighted by atomic mass is 9.81. The Morgan fingerprint density at radius 1 is 0.958 bits per heavy atom. The molecule has 2 aromatic carbocycles. The number of nitrogens with zero attached hydrogens (tertiary/aromatic N) is 2. The molecule has 1 radical (unpaired) electrons. The van der Waals surface area contributed by atoms with Gasteiger partial charge in [-0.25, -0.2) is 9.78 Å². The summed E-state index contributed by atoms with van der Waals surface area (Å²) in [6.45, 7) is 22.1. The maximum atomic E-state index is 14.3. The molecule has 2 amide bonds. The summed E-state index contributed by atoms with van der Waals surface area (Å²) in [5, 5.41) is 6.99. The van der Waals surface area contributed by atoms with Gasteiger partial charge in [-0.15, -0.1) is 0 Å². The zero-order chi connectivity index (χ0) is 35.3. The number of fused-ring (bicyclic) bond motifs is 1. The van der Waals surface area contributed by atoms with Crippen molar-refractivity contribution in [3.8, 4) is 16.9 Å². The number of benzene rings is 2. The number of aromatic nitrogens is 2. The van der Waals surface area contributed by atoms with Crippen LogP contribution < -0.4 is 20.9 Å². The van der Waals surface area contributed by atoms with Gasteiger partial charge in [-0.05, 0) is 83.3 Å². The Bertz CT molecular complexity index is 1780. The van der Waals surface area contributed by atoms with Gasteiger partial charge in [-0.1, -0.05) is 86.1 Å². The van der Waals surface area contributed by atoms with Gasteiger partial charge in [-0.2, -0.15) is 0 Å². The molecule has 0 aliphatic heterocycles. The van der Waals surface area contributed by atoms with Gasteiger partial charge in [0.05, 0.1) is 13.2 Å². The van der Waals surface area contributed by atoms with Crippen molar-refractivity contribution in [3.05, 3.63) is 81.8 Å². The first kappa shape index (κ1) is 36.9. The second kappa shape index (κ2) is 15.5. The number of hydrogen-bond acceptors (Lipinski definition) is 5. The number of unbranched alkanes of at least 4 members (excludes halogenated alkanes) is 1. The number of aryl methyl sites for hydroxylation is 1. The molecule has 2 N–H and O–H groups in total. The lowest BCUT2D eigenvalue weighted by molar-refractivity contribution is 0.0864. The Morgan fingerprint density at radius 2 is 1.60 bits per heavy atom. The van der Waals surface area contributed by atoms with E-state index in [-0.39, 0.29) is 34.6 Å². The third-order valence-corrected chi connectivity index (χ3v) is 9.21. The van der Waals surface area contributed by atoms with Crippen molar-refractivity contribution in [3.63, 3.8) is 0 Å². The maximum Gasteiger partial charge on any atom is 0.323 e. The lowest BCUT2D eigenvalue weighted by Crippen LogP contribution is -2.30. The molecule has 9 heteroatoms. The van der Waals surface area contributed by atoms with E-state index in [2.05, 4.69) is 96.2 Å². The molecule has 257 valence electrons. The highest BCUT2D eigenvalue weighted by molar-refractivity contribution is 6.48. The third-order valence-electron chi connectivity index (χ3n) is 8.50. The number of anilines is 2. The number of carbonyl (C=O) groups is 1. The summed E-state index contributed by atoms with van der Waals surface area (Å²) in [6.07, 6.45) is 3.32. The third kappa shape index (κ3) is 8.18. The van der Waals surface area contributed by atoms with Crippen molar-refractivity contribution in [2.45, 2.75) is 106 Å². The molecular weight excluding hydrogens is 617 g/mol. The van der Waals surface area contributed by atoms with E-state index in [0.717, 1.165) is 46.2 Å². The van der Waals surface area contributed by atoms with Crippen LogP contribution in [0.3, 0.4) is 0 Å². The Hall–Kier alpha value is -3.95. The van der Waals surface area contributed by atoms with Gasteiger partial charge in [-0.3, -0.25) is 9.36 Å². The van der Waals surface area contributed by atoms with E-state index in [9.17, 15) is 9.59 Å². The van der Waals surface area contributed by atoms with Gasteiger partial charge in [0, 0.05) is 29.4 Å². The van der Waals surface area contributed by atoms with Crippen molar-refractivity contribution in [2.24, 2.45) is 5.41 Å². The standard InChI is InChI=1S/C39H53N4O4Si/c1-12-13-20-43-36-29(18-15-19-40-36)32(26-16-14-17-28(21-26)46-9)34(37(43)44)42-38(45)41-33-30(24(2)3)22-27(23-31(33)25(4)5)35(39(6,7)8)47-48(10)11/h14-19,21-25,35H,12-13,20H2,1-11H3,(H2,41,42,45). The second-order valence-electron chi connectivity index (χ2n) is 14.4. The summed E-state index contributed by atoms with van der Waals surface area (Å²) in [4.78, 5) is 33.1. The van der Waals surface area contributed by atoms with Crippen LogP contribution in [0.1, 0.15) is 103 Å². The fourth-order valence-electron chi connectivity index (χ4n) is 6.16. The Morgan fingerprint density at radius 3 is 2.17 bits per heavy atom. The monoisotopic (exact) mass is 669 g/mol. The fraction of sp³-hybridized carbons (Fsp3) is 0.462. The highest BCUT2D eigenvalue weighted by Crippen LogP contribution is 2.42. The molecule has 4 aromatic rings. The quantitative estimate of drug-likeness (QED) is 0.146. The van der Waals surface area contributed by atoms with Crippen molar-refractivity contribution in [1.82, 2.24) is 9.55 Å². The van der Waals surface area contributed by atoms with Crippen LogP contribution in [-0.4, -0.2) is 31.7 Å². The molecule has 0 saturated carbocycles. The van der Waals surface area contributed by atoms with Gasteiger partial charge >= 0.3 is 6.03 Å². The highest BCUT2D eigenvalue weighted by atomic mass is 28.3. The van der Waals surface area contributed by atoms with Crippen molar-refractivity contribution in [2.75, 3.05) is 17.7 Å². The second-order valence-corrected chi connectivity index (χ2v) is 16.5. The molecular formula is C39H53N4O4Si. The van der Waals surface area contributed by atoms with E-state index >= 15 is 0 Å². The van der Waals surface area contributed by atoms with E-state index in [1.807, 2.05) is 36.4 Å². The molecule has 0 aliphatic carbocycles. The predicted molar refractivity (Wildman–Crippen MR) is 201 cm³/mol. The molecule has 0 spiro atoms. The van der Waals surface area contributed by atoms with Gasteiger partial charge in [0.15, 0.2) is 0 Å². The molecule has 0 bridgehead atoms. The summed E-state index contributed by atoms with van der Waals surface area (Å²) >= 11 is 0.